The summed E-state index contributed by atoms with van der Waals surface area (Å²) in [6.45, 7) is 4.09. The van der Waals surface area contributed by atoms with Gasteiger partial charge in [0.05, 0.1) is 12.2 Å². The molecule has 0 aromatic heterocycles. The lowest BCUT2D eigenvalue weighted by Gasteiger charge is -2.34. The van der Waals surface area contributed by atoms with Crippen molar-refractivity contribution in [2.45, 2.75) is 44.9 Å². The van der Waals surface area contributed by atoms with Gasteiger partial charge < -0.3 is 10.5 Å². The maximum atomic E-state index is 5.65. The molecule has 0 radical (unpaired) electrons. The van der Waals surface area contributed by atoms with Crippen LogP contribution >= 0.6 is 0 Å². The number of nitrogens with two attached hydrogens (primary N) is 1. The van der Waals surface area contributed by atoms with Gasteiger partial charge in [0.15, 0.2) is 0 Å². The van der Waals surface area contributed by atoms with E-state index in [1.807, 2.05) is 13.8 Å². The van der Waals surface area contributed by atoms with Gasteiger partial charge in [-0.2, -0.15) is 0 Å². The van der Waals surface area contributed by atoms with Gasteiger partial charge >= 0.3 is 0 Å². The van der Waals surface area contributed by atoms with Crippen molar-refractivity contribution in [3.8, 4) is 0 Å². The Morgan fingerprint density at radius 1 is 1.44 bits per heavy atom. The lowest BCUT2D eigenvalue weighted by atomic mass is 9.90. The Labute approximate surface area is 56.4 Å². The van der Waals surface area contributed by atoms with E-state index < -0.39 is 0 Å². The molecule has 9 heavy (non-hydrogen) atoms. The van der Waals surface area contributed by atoms with E-state index in [0.717, 1.165) is 12.8 Å². The fourth-order valence-corrected chi connectivity index (χ4v) is 1.01. The van der Waals surface area contributed by atoms with Gasteiger partial charge in [-0.1, -0.05) is 0 Å². The monoisotopic (exact) mass is 129 g/mol. The van der Waals surface area contributed by atoms with Crippen LogP contribution in [0.15, 0.2) is 0 Å². The summed E-state index contributed by atoms with van der Waals surface area (Å²) in [5, 5.41) is 0. The van der Waals surface area contributed by atoms with Crippen molar-refractivity contribution in [3.05, 3.63) is 0 Å². The zero-order valence-electron chi connectivity index (χ0n) is 6.13. The highest BCUT2D eigenvalue weighted by Gasteiger charge is 2.28. The molecule has 2 N–H and O–H groups in total. The van der Waals surface area contributed by atoms with E-state index in [9.17, 15) is 0 Å². The van der Waals surface area contributed by atoms with Crippen LogP contribution in [0.3, 0.4) is 0 Å². The third kappa shape index (κ3) is 1.66. The van der Waals surface area contributed by atoms with E-state index in [0.29, 0.717) is 18.2 Å². The molecule has 0 heterocycles. The molecule has 1 rings (SSSR count). The summed E-state index contributed by atoms with van der Waals surface area (Å²) in [5.41, 5.74) is 5.65. The van der Waals surface area contributed by atoms with Crippen molar-refractivity contribution in [2.24, 2.45) is 5.73 Å². The molecule has 0 aromatic rings. The number of ether oxygens (including phenoxy) is 1. The molecular formula is C7H15NO. The first-order valence-corrected chi connectivity index (χ1v) is 3.61. The number of hydrogen-bond acceptors (Lipinski definition) is 2. The molecule has 2 atom stereocenters. The predicted octanol–water partition coefficient (Wildman–Crippen LogP) is 0.901. The lowest BCUT2D eigenvalue weighted by molar-refractivity contribution is -0.0485. The number of rotatable bonds is 2. The van der Waals surface area contributed by atoms with Crippen LogP contribution in [-0.2, 0) is 4.74 Å². The molecule has 0 aliphatic heterocycles. The summed E-state index contributed by atoms with van der Waals surface area (Å²) in [7, 11) is 0. The quantitative estimate of drug-likeness (QED) is 0.601. The second kappa shape index (κ2) is 2.67. The van der Waals surface area contributed by atoms with Gasteiger partial charge in [0.25, 0.3) is 0 Å². The summed E-state index contributed by atoms with van der Waals surface area (Å²) in [6, 6.07) is 0.312. The Hall–Kier alpha value is -0.0800. The summed E-state index contributed by atoms with van der Waals surface area (Å²) in [4.78, 5) is 0. The predicted molar refractivity (Wildman–Crippen MR) is 37.2 cm³/mol. The fraction of sp³-hybridized carbons (Fsp3) is 1.00. The van der Waals surface area contributed by atoms with Gasteiger partial charge in [0.1, 0.15) is 0 Å². The maximum absolute atomic E-state index is 5.65. The van der Waals surface area contributed by atoms with Gasteiger partial charge in [0.2, 0.25) is 0 Å². The highest BCUT2D eigenvalue weighted by molar-refractivity contribution is 4.84. The highest BCUT2D eigenvalue weighted by atomic mass is 16.5. The molecule has 1 fully saturated rings. The minimum absolute atomic E-state index is 0.312. The van der Waals surface area contributed by atoms with Gasteiger partial charge in [-0.15, -0.1) is 0 Å². The van der Waals surface area contributed by atoms with E-state index in [1.165, 1.54) is 0 Å². The van der Waals surface area contributed by atoms with E-state index in [4.69, 9.17) is 10.5 Å². The average Bonchev–Trinajstić information content (AvgIpc) is 1.79. The van der Waals surface area contributed by atoms with E-state index in [-0.39, 0.29) is 0 Å². The van der Waals surface area contributed by atoms with Crippen LogP contribution in [-0.4, -0.2) is 18.2 Å². The average molecular weight is 129 g/mol. The Kier molecular flexibility index (Phi) is 2.09. The highest BCUT2D eigenvalue weighted by Crippen LogP contribution is 2.22. The van der Waals surface area contributed by atoms with Crippen molar-refractivity contribution in [3.63, 3.8) is 0 Å². The van der Waals surface area contributed by atoms with Gasteiger partial charge in [-0.25, -0.2) is 0 Å². The molecule has 1 saturated carbocycles. The van der Waals surface area contributed by atoms with Crippen LogP contribution < -0.4 is 5.73 Å². The summed E-state index contributed by atoms with van der Waals surface area (Å²) >= 11 is 0. The molecule has 0 amide bonds. The summed E-state index contributed by atoms with van der Waals surface area (Å²) < 4.78 is 5.47. The molecule has 0 saturated heterocycles. The molecular weight excluding hydrogens is 114 g/mol. The molecule has 2 nitrogen and oxygen atoms in total. The Balaban J connectivity index is 2.13. The smallest absolute Gasteiger partial charge is 0.0730 e. The van der Waals surface area contributed by atoms with Crippen molar-refractivity contribution < 1.29 is 4.74 Å². The van der Waals surface area contributed by atoms with Crippen LogP contribution in [0.4, 0.5) is 0 Å². The summed E-state index contributed by atoms with van der Waals surface area (Å²) in [5.74, 6) is 0. The SMILES string of the molecule is CC(C)O[C@H]1CC[C@H]1N. The van der Waals surface area contributed by atoms with Crippen molar-refractivity contribution >= 4 is 0 Å². The van der Waals surface area contributed by atoms with Crippen molar-refractivity contribution in [2.75, 3.05) is 0 Å². The van der Waals surface area contributed by atoms with E-state index in [1.54, 1.807) is 0 Å². The van der Waals surface area contributed by atoms with Gasteiger partial charge in [0, 0.05) is 6.04 Å². The number of hydrogen-bond donors (Lipinski definition) is 1. The summed E-state index contributed by atoms with van der Waals surface area (Å²) in [6.07, 6.45) is 2.97. The minimum Gasteiger partial charge on any atom is -0.374 e. The van der Waals surface area contributed by atoms with E-state index in [2.05, 4.69) is 0 Å². The Morgan fingerprint density at radius 3 is 2.22 bits per heavy atom. The van der Waals surface area contributed by atoms with Crippen molar-refractivity contribution in [1.82, 2.24) is 0 Å². The van der Waals surface area contributed by atoms with Crippen LogP contribution in [0.1, 0.15) is 26.7 Å². The molecule has 0 bridgehead atoms. The topological polar surface area (TPSA) is 35.2 Å². The van der Waals surface area contributed by atoms with Crippen LogP contribution in [0, 0.1) is 0 Å². The van der Waals surface area contributed by atoms with Crippen LogP contribution in [0.25, 0.3) is 0 Å². The second-order valence-corrected chi connectivity index (χ2v) is 2.96. The molecule has 0 spiro atoms. The molecule has 1 aliphatic carbocycles. The van der Waals surface area contributed by atoms with Gasteiger partial charge in [-0.05, 0) is 26.7 Å². The molecule has 1 aliphatic rings. The zero-order valence-corrected chi connectivity index (χ0v) is 6.13. The zero-order chi connectivity index (χ0) is 6.85. The largest absolute Gasteiger partial charge is 0.374 e. The van der Waals surface area contributed by atoms with Crippen LogP contribution in [0.2, 0.25) is 0 Å². The normalized spacial score (nSPS) is 34.7. The third-order valence-electron chi connectivity index (χ3n) is 1.71. The van der Waals surface area contributed by atoms with Crippen molar-refractivity contribution in [1.29, 1.82) is 0 Å². The molecule has 54 valence electrons. The molecule has 0 aromatic carbocycles. The Bertz CT molecular complexity index is 92.9. The molecule has 0 unspecified atom stereocenters. The van der Waals surface area contributed by atoms with Crippen LogP contribution in [0.5, 0.6) is 0 Å². The standard InChI is InChI=1S/C7H15NO/c1-5(2)9-7-4-3-6(7)8/h5-7H,3-4,8H2,1-2H3/t6-,7+/m1/s1. The molecule has 2 heteroatoms. The van der Waals surface area contributed by atoms with E-state index >= 15 is 0 Å². The maximum Gasteiger partial charge on any atom is 0.0730 e. The lowest BCUT2D eigenvalue weighted by Crippen LogP contribution is -2.46. The third-order valence-corrected chi connectivity index (χ3v) is 1.71. The van der Waals surface area contributed by atoms with Gasteiger partial charge in [-0.3, -0.25) is 0 Å². The minimum atomic E-state index is 0.312. The first kappa shape index (κ1) is 7.03. The second-order valence-electron chi connectivity index (χ2n) is 2.96. The first-order valence-electron chi connectivity index (χ1n) is 3.61. The Morgan fingerprint density at radius 2 is 2.11 bits per heavy atom. The first-order chi connectivity index (χ1) is 4.20. The fourth-order valence-electron chi connectivity index (χ4n) is 1.01.